The van der Waals surface area contributed by atoms with Crippen LogP contribution < -0.4 is 21.9 Å². The van der Waals surface area contributed by atoms with Gasteiger partial charge < -0.3 is 26.6 Å². The van der Waals surface area contributed by atoms with Crippen LogP contribution in [-0.2, 0) is 0 Å². The van der Waals surface area contributed by atoms with Crippen LogP contribution >= 0.6 is 0 Å². The molecule has 100 valence electrons. The Bertz CT molecular complexity index is 489. The topological polar surface area (TPSA) is 136 Å². The summed E-state index contributed by atoms with van der Waals surface area (Å²) in [6.45, 7) is 2.12. The first-order valence-corrected chi connectivity index (χ1v) is 5.79. The number of anilines is 3. The van der Waals surface area contributed by atoms with Gasteiger partial charge in [0.25, 0.3) is 5.56 Å². The second-order valence-corrected chi connectivity index (χ2v) is 4.27. The Labute approximate surface area is 103 Å². The van der Waals surface area contributed by atoms with Crippen LogP contribution in [0.15, 0.2) is 4.79 Å². The Morgan fingerprint density at radius 2 is 2.28 bits per heavy atom. The van der Waals surface area contributed by atoms with Crippen molar-refractivity contribution in [3.8, 4) is 0 Å². The molecule has 18 heavy (non-hydrogen) atoms. The molecule has 3 atom stereocenters. The number of H-pyrrole nitrogens is 1. The second-order valence-electron chi connectivity index (χ2n) is 4.27. The van der Waals surface area contributed by atoms with Crippen LogP contribution in [0.4, 0.5) is 17.5 Å². The van der Waals surface area contributed by atoms with Crippen molar-refractivity contribution < 1.29 is 10.2 Å². The Hall–Kier alpha value is -1.80. The first-order chi connectivity index (χ1) is 8.52. The normalized spacial score (nSPS) is 21.4. The molecular weight excluding hydrogens is 238 g/mol. The molecule has 0 saturated heterocycles. The largest absolute Gasteiger partial charge is 0.390 e. The van der Waals surface area contributed by atoms with E-state index in [1.807, 2.05) is 0 Å². The zero-order valence-corrected chi connectivity index (χ0v) is 9.97. The number of hydrogen-bond donors (Lipinski definition) is 6. The van der Waals surface area contributed by atoms with Crippen molar-refractivity contribution in [1.29, 1.82) is 0 Å². The quantitative estimate of drug-likeness (QED) is 0.394. The third kappa shape index (κ3) is 2.24. The fourth-order valence-electron chi connectivity index (χ4n) is 1.91. The lowest BCUT2D eigenvalue weighted by molar-refractivity contribution is 0.00825. The highest BCUT2D eigenvalue weighted by Gasteiger charge is 2.30. The van der Waals surface area contributed by atoms with Gasteiger partial charge in [-0.3, -0.25) is 9.78 Å². The van der Waals surface area contributed by atoms with Gasteiger partial charge in [0.1, 0.15) is 11.8 Å². The summed E-state index contributed by atoms with van der Waals surface area (Å²) >= 11 is 0. The summed E-state index contributed by atoms with van der Waals surface area (Å²) in [5.74, 6) is 0.381. The highest BCUT2D eigenvalue weighted by Crippen LogP contribution is 2.22. The maximum absolute atomic E-state index is 11.7. The minimum Gasteiger partial charge on any atom is -0.390 e. The van der Waals surface area contributed by atoms with Crippen molar-refractivity contribution in [2.75, 3.05) is 22.9 Å². The van der Waals surface area contributed by atoms with Crippen LogP contribution in [0.5, 0.6) is 0 Å². The van der Waals surface area contributed by atoms with Crippen molar-refractivity contribution in [1.82, 2.24) is 9.97 Å². The van der Waals surface area contributed by atoms with Crippen molar-refractivity contribution in [2.24, 2.45) is 0 Å². The lowest BCUT2D eigenvalue weighted by Gasteiger charge is -2.32. The van der Waals surface area contributed by atoms with Gasteiger partial charge in [-0.15, -0.1) is 0 Å². The molecule has 0 spiro atoms. The van der Waals surface area contributed by atoms with E-state index in [1.165, 1.54) is 0 Å². The van der Waals surface area contributed by atoms with Crippen molar-refractivity contribution in [2.45, 2.75) is 31.6 Å². The number of nitrogens with two attached hydrogens (primary N) is 1. The maximum atomic E-state index is 11.7. The molecule has 1 aliphatic heterocycles. The fraction of sp³-hybridized carbons (Fsp3) is 0.600. The first kappa shape index (κ1) is 12.7. The molecule has 8 nitrogen and oxygen atoms in total. The Kier molecular flexibility index (Phi) is 3.39. The van der Waals surface area contributed by atoms with E-state index in [2.05, 4.69) is 20.6 Å². The number of hydrogen-bond acceptors (Lipinski definition) is 7. The van der Waals surface area contributed by atoms with E-state index in [0.29, 0.717) is 18.8 Å². The molecule has 8 heteroatoms. The number of aliphatic hydroxyl groups is 2. The van der Waals surface area contributed by atoms with Crippen LogP contribution in [-0.4, -0.2) is 45.0 Å². The van der Waals surface area contributed by atoms with E-state index in [4.69, 9.17) is 5.73 Å². The molecular formula is C10H17N5O3. The molecule has 0 radical (unpaired) electrons. The van der Waals surface area contributed by atoms with Gasteiger partial charge in [0, 0.05) is 6.54 Å². The van der Waals surface area contributed by atoms with E-state index in [-0.39, 0.29) is 11.6 Å². The summed E-state index contributed by atoms with van der Waals surface area (Å²) in [4.78, 5) is 18.0. The molecule has 2 heterocycles. The van der Waals surface area contributed by atoms with Crippen LogP contribution in [0.1, 0.15) is 13.3 Å². The molecule has 0 bridgehead atoms. The zero-order valence-electron chi connectivity index (χ0n) is 9.97. The molecule has 7 N–H and O–H groups in total. The zero-order chi connectivity index (χ0) is 13.3. The highest BCUT2D eigenvalue weighted by molar-refractivity contribution is 5.67. The van der Waals surface area contributed by atoms with E-state index >= 15 is 0 Å². The third-order valence-electron chi connectivity index (χ3n) is 2.98. The standard InChI is InChI=1S/C10H17N5O3/c1-2-5(16)7(17)4-3-12-8-6(13-4)9(18)15-10(11)14-8/h4-5,7,13,16-17H,2-3H2,1H3,(H4,11,12,14,15,18)/t4-,5+,7-/m1/s1. The predicted molar refractivity (Wildman–Crippen MR) is 67.5 cm³/mol. The molecule has 0 aliphatic carbocycles. The average Bonchev–Trinajstić information content (AvgIpc) is 2.36. The number of aromatic nitrogens is 2. The number of aliphatic hydroxyl groups excluding tert-OH is 2. The maximum Gasteiger partial charge on any atom is 0.277 e. The summed E-state index contributed by atoms with van der Waals surface area (Å²) in [5, 5.41) is 25.3. The first-order valence-electron chi connectivity index (χ1n) is 5.79. The smallest absolute Gasteiger partial charge is 0.277 e. The average molecular weight is 255 g/mol. The molecule has 0 amide bonds. The number of nitrogens with zero attached hydrogens (tertiary/aromatic N) is 1. The summed E-state index contributed by atoms with van der Waals surface area (Å²) in [6.07, 6.45) is -1.37. The molecule has 0 saturated carbocycles. The number of rotatable bonds is 3. The van der Waals surface area contributed by atoms with Gasteiger partial charge in [0.15, 0.2) is 5.82 Å². The number of nitrogen functional groups attached to an aromatic ring is 1. The molecule has 1 aromatic rings. The minimum absolute atomic E-state index is 0.0284. The molecule has 0 unspecified atom stereocenters. The van der Waals surface area contributed by atoms with Crippen LogP contribution in [0.3, 0.4) is 0 Å². The van der Waals surface area contributed by atoms with E-state index in [0.717, 1.165) is 0 Å². The number of aromatic amines is 1. The van der Waals surface area contributed by atoms with Gasteiger partial charge >= 0.3 is 0 Å². The summed E-state index contributed by atoms with van der Waals surface area (Å²) in [5.41, 5.74) is 5.24. The van der Waals surface area contributed by atoms with Gasteiger partial charge in [-0.2, -0.15) is 4.98 Å². The molecule has 1 aromatic heterocycles. The van der Waals surface area contributed by atoms with E-state index < -0.39 is 23.8 Å². The van der Waals surface area contributed by atoms with Crippen LogP contribution in [0.25, 0.3) is 0 Å². The van der Waals surface area contributed by atoms with Crippen molar-refractivity contribution in [3.63, 3.8) is 0 Å². The molecule has 2 rings (SSSR count). The van der Waals surface area contributed by atoms with Crippen molar-refractivity contribution >= 4 is 17.5 Å². The van der Waals surface area contributed by atoms with Gasteiger partial charge in [0.2, 0.25) is 5.95 Å². The van der Waals surface area contributed by atoms with Gasteiger partial charge in [-0.1, -0.05) is 6.92 Å². The van der Waals surface area contributed by atoms with Gasteiger partial charge in [-0.25, -0.2) is 0 Å². The summed E-state index contributed by atoms with van der Waals surface area (Å²) < 4.78 is 0. The molecule has 1 aliphatic rings. The molecule has 0 aromatic carbocycles. The summed E-state index contributed by atoms with van der Waals surface area (Å²) in [6, 6.07) is -0.459. The Morgan fingerprint density at radius 1 is 1.56 bits per heavy atom. The SMILES string of the molecule is CC[C@H](O)[C@H](O)[C@H]1CNc2nc(N)[nH]c(=O)c2N1. The lowest BCUT2D eigenvalue weighted by Crippen LogP contribution is -2.49. The summed E-state index contributed by atoms with van der Waals surface area (Å²) in [7, 11) is 0. The Morgan fingerprint density at radius 3 is 2.94 bits per heavy atom. The van der Waals surface area contributed by atoms with Gasteiger partial charge in [0.05, 0.1) is 12.1 Å². The number of fused-ring (bicyclic) bond motifs is 1. The van der Waals surface area contributed by atoms with Crippen LogP contribution in [0, 0.1) is 0 Å². The highest BCUT2D eigenvalue weighted by atomic mass is 16.3. The Balaban J connectivity index is 2.22. The fourth-order valence-corrected chi connectivity index (χ4v) is 1.91. The third-order valence-corrected chi connectivity index (χ3v) is 2.98. The monoisotopic (exact) mass is 255 g/mol. The predicted octanol–water partition coefficient (Wildman–Crippen LogP) is -1.31. The lowest BCUT2D eigenvalue weighted by atomic mass is 10.0. The minimum atomic E-state index is -0.965. The molecule has 0 fully saturated rings. The second kappa shape index (κ2) is 4.83. The van der Waals surface area contributed by atoms with E-state index in [1.54, 1.807) is 6.92 Å². The van der Waals surface area contributed by atoms with Gasteiger partial charge in [-0.05, 0) is 6.42 Å². The van der Waals surface area contributed by atoms with E-state index in [9.17, 15) is 15.0 Å². The van der Waals surface area contributed by atoms with Crippen LogP contribution in [0.2, 0.25) is 0 Å². The van der Waals surface area contributed by atoms with Crippen molar-refractivity contribution in [3.05, 3.63) is 10.4 Å². The number of nitrogens with one attached hydrogen (secondary N) is 3.